The molecule has 2 N–H and O–H groups in total. The average Bonchev–Trinajstić information content (AvgIpc) is 2.26. The third-order valence-electron chi connectivity index (χ3n) is 2.18. The molecule has 0 aliphatic rings. The van der Waals surface area contributed by atoms with Crippen LogP contribution in [0.25, 0.3) is 0 Å². The van der Waals surface area contributed by atoms with Crippen LogP contribution < -0.4 is 5.32 Å². The molecule has 5 nitrogen and oxygen atoms in total. The number of hydrogen-bond acceptors (Lipinski definition) is 3. The van der Waals surface area contributed by atoms with E-state index in [2.05, 4.69) is 10.3 Å². The lowest BCUT2D eigenvalue weighted by Gasteiger charge is -2.06. The number of pyridine rings is 1. The smallest absolute Gasteiger partial charge is 0.354 e. The summed E-state index contributed by atoms with van der Waals surface area (Å²) in [5.41, 5.74) is -0.0772. The topological polar surface area (TPSA) is 79.3 Å². The van der Waals surface area contributed by atoms with Crippen molar-refractivity contribution >= 4 is 17.7 Å². The van der Waals surface area contributed by atoms with Gasteiger partial charge in [-0.1, -0.05) is 19.9 Å². The van der Waals surface area contributed by atoms with Gasteiger partial charge in [0.1, 0.15) is 5.82 Å². The number of nitrogens with zero attached hydrogens (tertiary/aromatic N) is 1. The number of carbonyl (C=O) groups excluding carboxylic acids is 1. The predicted molar refractivity (Wildman–Crippen MR) is 63.9 cm³/mol. The standard InChI is InChI=1S/C12H16N2O3/c1-8(2)6-7-11(15)14-10-5-3-4-9(13-10)12(16)17/h3-5,8H,6-7H2,1-2H3,(H,16,17)(H,13,14,15). The van der Waals surface area contributed by atoms with Crippen molar-refractivity contribution < 1.29 is 14.7 Å². The highest BCUT2D eigenvalue weighted by Gasteiger charge is 2.08. The lowest BCUT2D eigenvalue weighted by molar-refractivity contribution is -0.116. The average molecular weight is 236 g/mol. The molecule has 0 aliphatic heterocycles. The zero-order chi connectivity index (χ0) is 12.8. The largest absolute Gasteiger partial charge is 0.477 e. The quantitative estimate of drug-likeness (QED) is 0.821. The highest BCUT2D eigenvalue weighted by Crippen LogP contribution is 2.08. The van der Waals surface area contributed by atoms with Gasteiger partial charge in [0.2, 0.25) is 5.91 Å². The van der Waals surface area contributed by atoms with Gasteiger partial charge in [0.15, 0.2) is 5.69 Å². The minimum absolute atomic E-state index is 0.0772. The molecule has 0 unspecified atom stereocenters. The number of anilines is 1. The second-order valence-electron chi connectivity index (χ2n) is 4.19. The number of rotatable bonds is 5. The third kappa shape index (κ3) is 4.63. The first-order chi connectivity index (χ1) is 7.99. The van der Waals surface area contributed by atoms with E-state index in [4.69, 9.17) is 5.11 Å². The SMILES string of the molecule is CC(C)CCC(=O)Nc1cccc(C(=O)O)n1. The fraction of sp³-hybridized carbons (Fsp3) is 0.417. The Labute approximate surface area is 99.9 Å². The second-order valence-corrected chi connectivity index (χ2v) is 4.19. The molecule has 0 bridgehead atoms. The van der Waals surface area contributed by atoms with Crippen molar-refractivity contribution in [3.63, 3.8) is 0 Å². The van der Waals surface area contributed by atoms with E-state index in [1.807, 2.05) is 13.8 Å². The number of aromatic nitrogens is 1. The fourth-order valence-corrected chi connectivity index (χ4v) is 1.25. The lowest BCUT2D eigenvalue weighted by atomic mass is 10.1. The Balaban J connectivity index is 2.59. The molecule has 1 rings (SSSR count). The Kier molecular flexibility index (Phi) is 4.63. The number of carboxylic acid groups (broad SMARTS) is 1. The molecule has 1 aromatic rings. The van der Waals surface area contributed by atoms with Crippen molar-refractivity contribution in [2.45, 2.75) is 26.7 Å². The van der Waals surface area contributed by atoms with E-state index in [1.165, 1.54) is 6.07 Å². The van der Waals surface area contributed by atoms with Gasteiger partial charge in [-0.15, -0.1) is 0 Å². The monoisotopic (exact) mass is 236 g/mol. The summed E-state index contributed by atoms with van der Waals surface area (Å²) >= 11 is 0. The molecule has 1 heterocycles. The summed E-state index contributed by atoms with van der Waals surface area (Å²) < 4.78 is 0. The van der Waals surface area contributed by atoms with E-state index in [9.17, 15) is 9.59 Å². The molecule has 0 saturated carbocycles. The van der Waals surface area contributed by atoms with Gasteiger partial charge in [0, 0.05) is 6.42 Å². The van der Waals surface area contributed by atoms with E-state index < -0.39 is 5.97 Å². The predicted octanol–water partition coefficient (Wildman–Crippen LogP) is 2.15. The summed E-state index contributed by atoms with van der Waals surface area (Å²) in [4.78, 5) is 26.0. The molecule has 1 aromatic heterocycles. The molecule has 0 aliphatic carbocycles. The van der Waals surface area contributed by atoms with Crippen molar-refractivity contribution in [2.75, 3.05) is 5.32 Å². The highest BCUT2D eigenvalue weighted by atomic mass is 16.4. The van der Waals surface area contributed by atoms with Gasteiger partial charge in [-0.3, -0.25) is 4.79 Å². The summed E-state index contributed by atoms with van der Waals surface area (Å²) in [5.74, 6) is -0.519. The Hall–Kier alpha value is -1.91. The second kappa shape index (κ2) is 5.98. The maximum Gasteiger partial charge on any atom is 0.354 e. The van der Waals surface area contributed by atoms with Crippen LogP contribution in [0.1, 0.15) is 37.2 Å². The van der Waals surface area contributed by atoms with Gasteiger partial charge < -0.3 is 10.4 Å². The van der Waals surface area contributed by atoms with Gasteiger partial charge in [-0.2, -0.15) is 0 Å². The van der Waals surface area contributed by atoms with E-state index in [-0.39, 0.29) is 17.4 Å². The van der Waals surface area contributed by atoms with Crippen molar-refractivity contribution in [2.24, 2.45) is 5.92 Å². The summed E-state index contributed by atoms with van der Waals surface area (Å²) in [5, 5.41) is 11.3. The Morgan fingerprint density at radius 2 is 2.12 bits per heavy atom. The van der Waals surface area contributed by atoms with Crippen LogP contribution in [0.3, 0.4) is 0 Å². The van der Waals surface area contributed by atoms with E-state index in [1.54, 1.807) is 12.1 Å². The maximum absolute atomic E-state index is 11.5. The molecule has 0 aromatic carbocycles. The normalized spacial score (nSPS) is 10.3. The molecule has 0 saturated heterocycles. The zero-order valence-electron chi connectivity index (χ0n) is 9.93. The summed E-state index contributed by atoms with van der Waals surface area (Å²) in [7, 11) is 0. The molecule has 5 heteroatoms. The molecule has 0 atom stereocenters. The summed E-state index contributed by atoms with van der Waals surface area (Å²) in [6.07, 6.45) is 1.21. The van der Waals surface area contributed by atoms with Crippen LogP contribution in [-0.4, -0.2) is 22.0 Å². The Morgan fingerprint density at radius 1 is 1.41 bits per heavy atom. The first kappa shape index (κ1) is 13.2. The first-order valence-electron chi connectivity index (χ1n) is 5.49. The maximum atomic E-state index is 11.5. The van der Waals surface area contributed by atoms with Gasteiger partial charge in [0.25, 0.3) is 0 Å². The first-order valence-corrected chi connectivity index (χ1v) is 5.49. The number of carbonyl (C=O) groups is 2. The number of carboxylic acids is 1. The minimum atomic E-state index is -1.11. The van der Waals surface area contributed by atoms with Gasteiger partial charge in [-0.05, 0) is 24.5 Å². The van der Waals surface area contributed by atoms with Crippen LogP contribution in [0, 0.1) is 5.92 Å². The van der Waals surface area contributed by atoms with Crippen LogP contribution in [-0.2, 0) is 4.79 Å². The molecule has 0 radical (unpaired) electrons. The minimum Gasteiger partial charge on any atom is -0.477 e. The van der Waals surface area contributed by atoms with Crippen LogP contribution >= 0.6 is 0 Å². The molecule has 17 heavy (non-hydrogen) atoms. The van der Waals surface area contributed by atoms with E-state index in [0.29, 0.717) is 12.3 Å². The van der Waals surface area contributed by atoms with Crippen LogP contribution in [0.15, 0.2) is 18.2 Å². The van der Waals surface area contributed by atoms with E-state index >= 15 is 0 Å². The fourth-order valence-electron chi connectivity index (χ4n) is 1.25. The number of nitrogens with one attached hydrogen (secondary N) is 1. The zero-order valence-corrected chi connectivity index (χ0v) is 9.93. The Morgan fingerprint density at radius 3 is 2.71 bits per heavy atom. The number of amides is 1. The van der Waals surface area contributed by atoms with Gasteiger partial charge in [0.05, 0.1) is 0 Å². The van der Waals surface area contributed by atoms with Crippen LogP contribution in [0.4, 0.5) is 5.82 Å². The van der Waals surface area contributed by atoms with Crippen LogP contribution in [0.5, 0.6) is 0 Å². The molecule has 0 spiro atoms. The molecular weight excluding hydrogens is 220 g/mol. The van der Waals surface area contributed by atoms with Crippen molar-refractivity contribution in [3.05, 3.63) is 23.9 Å². The number of aromatic carboxylic acids is 1. The van der Waals surface area contributed by atoms with Crippen molar-refractivity contribution in [3.8, 4) is 0 Å². The summed E-state index contributed by atoms with van der Waals surface area (Å²) in [6, 6.07) is 4.50. The van der Waals surface area contributed by atoms with Crippen LogP contribution in [0.2, 0.25) is 0 Å². The molecule has 0 fully saturated rings. The highest BCUT2D eigenvalue weighted by molar-refractivity contribution is 5.91. The van der Waals surface area contributed by atoms with Gasteiger partial charge >= 0.3 is 5.97 Å². The third-order valence-corrected chi connectivity index (χ3v) is 2.18. The summed E-state index contributed by atoms with van der Waals surface area (Å²) in [6.45, 7) is 4.08. The van der Waals surface area contributed by atoms with E-state index in [0.717, 1.165) is 6.42 Å². The Bertz CT molecular complexity index is 416. The molecular formula is C12H16N2O3. The van der Waals surface area contributed by atoms with Gasteiger partial charge in [-0.25, -0.2) is 9.78 Å². The lowest BCUT2D eigenvalue weighted by Crippen LogP contribution is -2.14. The number of hydrogen-bond donors (Lipinski definition) is 2. The van der Waals surface area contributed by atoms with Crippen molar-refractivity contribution in [1.29, 1.82) is 0 Å². The van der Waals surface area contributed by atoms with Crippen molar-refractivity contribution in [1.82, 2.24) is 4.98 Å². The molecule has 92 valence electrons. The molecule has 1 amide bonds.